The molecule has 0 aliphatic carbocycles. The second-order valence-electron chi connectivity index (χ2n) is 2.68. The van der Waals surface area contributed by atoms with Crippen molar-refractivity contribution in [2.24, 2.45) is 0 Å². The zero-order valence-electron chi connectivity index (χ0n) is 5.95. The number of halogens is 1. The van der Waals surface area contributed by atoms with Crippen LogP contribution in [0, 0.1) is 0 Å². The van der Waals surface area contributed by atoms with Crippen LogP contribution in [0.25, 0.3) is 0 Å². The van der Waals surface area contributed by atoms with Gasteiger partial charge in [-0.15, -0.1) is 12.4 Å². The Morgan fingerprint density at radius 2 is 1.90 bits per heavy atom. The SMILES string of the molecule is CC1C[C@H](O)[C@H](O)CN1.Cl. The lowest BCUT2D eigenvalue weighted by Gasteiger charge is -2.28. The number of nitrogens with one attached hydrogen (secondary N) is 1. The highest BCUT2D eigenvalue weighted by molar-refractivity contribution is 5.85. The predicted molar refractivity (Wildman–Crippen MR) is 41.3 cm³/mol. The predicted octanol–water partition coefficient (Wildman–Crippen LogP) is -0.488. The molecule has 1 aliphatic rings. The van der Waals surface area contributed by atoms with Gasteiger partial charge in [0.05, 0.1) is 12.2 Å². The molecule has 0 aromatic carbocycles. The van der Waals surface area contributed by atoms with Crippen molar-refractivity contribution >= 4 is 12.4 Å². The third-order valence-corrected chi connectivity index (χ3v) is 1.71. The van der Waals surface area contributed by atoms with E-state index in [1.54, 1.807) is 0 Å². The Kier molecular flexibility index (Phi) is 4.20. The zero-order chi connectivity index (χ0) is 6.85. The first-order chi connectivity index (χ1) is 4.20. The summed E-state index contributed by atoms with van der Waals surface area (Å²) in [5, 5.41) is 21.1. The monoisotopic (exact) mass is 167 g/mol. The molecule has 62 valence electrons. The van der Waals surface area contributed by atoms with Crippen LogP contribution in [0.15, 0.2) is 0 Å². The fraction of sp³-hybridized carbons (Fsp3) is 1.00. The van der Waals surface area contributed by atoms with E-state index in [1.807, 2.05) is 6.92 Å². The lowest BCUT2D eigenvalue weighted by molar-refractivity contribution is -0.00990. The Balaban J connectivity index is 0.000000810. The average molecular weight is 168 g/mol. The maximum absolute atomic E-state index is 9.06. The molecule has 0 bridgehead atoms. The van der Waals surface area contributed by atoms with Crippen LogP contribution in [0.5, 0.6) is 0 Å². The van der Waals surface area contributed by atoms with Crippen molar-refractivity contribution in [3.05, 3.63) is 0 Å². The molecule has 4 heteroatoms. The number of hydrogen-bond acceptors (Lipinski definition) is 3. The first-order valence-corrected chi connectivity index (χ1v) is 3.29. The van der Waals surface area contributed by atoms with Gasteiger partial charge in [-0.25, -0.2) is 0 Å². The van der Waals surface area contributed by atoms with E-state index in [1.165, 1.54) is 0 Å². The Hall–Kier alpha value is 0.170. The number of rotatable bonds is 0. The lowest BCUT2D eigenvalue weighted by Crippen LogP contribution is -2.48. The molecular weight excluding hydrogens is 154 g/mol. The van der Waals surface area contributed by atoms with Crippen molar-refractivity contribution in [2.75, 3.05) is 6.54 Å². The van der Waals surface area contributed by atoms with E-state index in [-0.39, 0.29) is 12.4 Å². The fourth-order valence-corrected chi connectivity index (χ4v) is 1.06. The van der Waals surface area contributed by atoms with E-state index in [0.29, 0.717) is 19.0 Å². The number of aliphatic hydroxyl groups excluding tert-OH is 2. The number of β-amino-alcohol motifs (C(OH)–C–C–N with tert-alkyl or cyclic N) is 1. The molecule has 10 heavy (non-hydrogen) atoms. The van der Waals surface area contributed by atoms with Crippen LogP contribution >= 0.6 is 12.4 Å². The molecule has 0 radical (unpaired) electrons. The summed E-state index contributed by atoms with van der Waals surface area (Å²) in [5.74, 6) is 0. The van der Waals surface area contributed by atoms with Crippen molar-refractivity contribution in [3.8, 4) is 0 Å². The van der Waals surface area contributed by atoms with Crippen LogP contribution in [-0.4, -0.2) is 35.0 Å². The first kappa shape index (κ1) is 10.2. The third-order valence-electron chi connectivity index (χ3n) is 1.71. The number of piperidine rings is 1. The molecular formula is C6H14ClNO2. The summed E-state index contributed by atoms with van der Waals surface area (Å²) >= 11 is 0. The maximum Gasteiger partial charge on any atom is 0.0923 e. The van der Waals surface area contributed by atoms with E-state index in [4.69, 9.17) is 10.2 Å². The fourth-order valence-electron chi connectivity index (χ4n) is 1.06. The maximum atomic E-state index is 9.06. The van der Waals surface area contributed by atoms with Gasteiger partial charge >= 0.3 is 0 Å². The van der Waals surface area contributed by atoms with Gasteiger partial charge in [0.2, 0.25) is 0 Å². The topological polar surface area (TPSA) is 52.5 Å². The molecule has 1 heterocycles. The van der Waals surface area contributed by atoms with Crippen LogP contribution in [0.4, 0.5) is 0 Å². The van der Waals surface area contributed by atoms with Crippen molar-refractivity contribution in [1.82, 2.24) is 5.32 Å². The minimum Gasteiger partial charge on any atom is -0.390 e. The highest BCUT2D eigenvalue weighted by Crippen LogP contribution is 2.07. The molecule has 1 saturated heterocycles. The number of aliphatic hydroxyl groups is 2. The summed E-state index contributed by atoms with van der Waals surface area (Å²) in [6.45, 7) is 2.51. The molecule has 3 N–H and O–H groups in total. The molecule has 0 aromatic heterocycles. The summed E-state index contributed by atoms with van der Waals surface area (Å²) in [6, 6.07) is 0.336. The normalized spacial score (nSPS) is 40.5. The van der Waals surface area contributed by atoms with Crippen LogP contribution in [0.3, 0.4) is 0 Å². The first-order valence-electron chi connectivity index (χ1n) is 3.29. The average Bonchev–Trinajstić information content (AvgIpc) is 1.80. The quantitative estimate of drug-likeness (QED) is 0.457. The van der Waals surface area contributed by atoms with E-state index in [9.17, 15) is 0 Å². The summed E-state index contributed by atoms with van der Waals surface area (Å²) in [6.07, 6.45) is -0.441. The summed E-state index contributed by atoms with van der Waals surface area (Å²) in [5.41, 5.74) is 0. The van der Waals surface area contributed by atoms with Crippen molar-refractivity contribution in [2.45, 2.75) is 31.6 Å². The second kappa shape index (κ2) is 4.13. The van der Waals surface area contributed by atoms with Gasteiger partial charge in [0.25, 0.3) is 0 Å². The van der Waals surface area contributed by atoms with Gasteiger partial charge < -0.3 is 15.5 Å². The van der Waals surface area contributed by atoms with Crippen molar-refractivity contribution in [1.29, 1.82) is 0 Å². The minimum atomic E-state index is -0.568. The lowest BCUT2D eigenvalue weighted by atomic mass is 10.0. The van der Waals surface area contributed by atoms with Crippen LogP contribution in [0.2, 0.25) is 0 Å². The second-order valence-corrected chi connectivity index (χ2v) is 2.68. The van der Waals surface area contributed by atoms with E-state index in [2.05, 4.69) is 5.32 Å². The van der Waals surface area contributed by atoms with Crippen LogP contribution < -0.4 is 5.32 Å². The Labute approximate surface area is 66.8 Å². The molecule has 0 saturated carbocycles. The van der Waals surface area contributed by atoms with Crippen molar-refractivity contribution in [3.63, 3.8) is 0 Å². The van der Waals surface area contributed by atoms with E-state index < -0.39 is 12.2 Å². The molecule has 1 unspecified atom stereocenters. The summed E-state index contributed by atoms with van der Waals surface area (Å²) < 4.78 is 0. The summed E-state index contributed by atoms with van der Waals surface area (Å²) in [4.78, 5) is 0. The number of hydrogen-bond donors (Lipinski definition) is 3. The van der Waals surface area contributed by atoms with Gasteiger partial charge in [-0.3, -0.25) is 0 Å². The molecule has 0 spiro atoms. The Morgan fingerprint density at radius 1 is 1.30 bits per heavy atom. The molecule has 1 aliphatic heterocycles. The zero-order valence-corrected chi connectivity index (χ0v) is 6.77. The van der Waals surface area contributed by atoms with E-state index >= 15 is 0 Å². The standard InChI is InChI=1S/C6H13NO2.ClH/c1-4-2-5(8)6(9)3-7-4;/h4-9H,2-3H2,1H3;1H/t4?,5-,6+;/m0./s1. The van der Waals surface area contributed by atoms with Gasteiger partial charge in [-0.1, -0.05) is 0 Å². The minimum absolute atomic E-state index is 0. The van der Waals surface area contributed by atoms with Crippen molar-refractivity contribution < 1.29 is 10.2 Å². The molecule has 0 aromatic rings. The highest BCUT2D eigenvalue weighted by Gasteiger charge is 2.23. The smallest absolute Gasteiger partial charge is 0.0923 e. The molecule has 1 rings (SSSR count). The van der Waals surface area contributed by atoms with Crippen LogP contribution in [0.1, 0.15) is 13.3 Å². The molecule has 1 fully saturated rings. The molecule has 3 atom stereocenters. The van der Waals surface area contributed by atoms with Gasteiger partial charge in [-0.2, -0.15) is 0 Å². The van der Waals surface area contributed by atoms with Gasteiger partial charge in [-0.05, 0) is 13.3 Å². The molecule has 3 nitrogen and oxygen atoms in total. The Bertz CT molecular complexity index is 102. The van der Waals surface area contributed by atoms with E-state index in [0.717, 1.165) is 0 Å². The Morgan fingerprint density at radius 3 is 2.30 bits per heavy atom. The van der Waals surface area contributed by atoms with Gasteiger partial charge in [0.15, 0.2) is 0 Å². The third kappa shape index (κ3) is 2.42. The molecule has 0 amide bonds. The van der Waals surface area contributed by atoms with Crippen LogP contribution in [-0.2, 0) is 0 Å². The largest absolute Gasteiger partial charge is 0.390 e. The highest BCUT2D eigenvalue weighted by atomic mass is 35.5. The van der Waals surface area contributed by atoms with Gasteiger partial charge in [0.1, 0.15) is 0 Å². The summed E-state index contributed by atoms with van der Waals surface area (Å²) in [7, 11) is 0. The van der Waals surface area contributed by atoms with Gasteiger partial charge in [0, 0.05) is 12.6 Å².